The average Bonchev–Trinajstić information content (AvgIpc) is 3.53. The number of carbonyl (C=O) groups excluding carboxylic acids is 3. The topological polar surface area (TPSA) is 140 Å². The van der Waals surface area contributed by atoms with Crippen LogP contribution in [0, 0.1) is 75.4 Å². The van der Waals surface area contributed by atoms with E-state index in [1.54, 1.807) is 6.26 Å². The number of ether oxygens (including phenoxy) is 4. The fourth-order valence-corrected chi connectivity index (χ4v) is 18.1. The van der Waals surface area contributed by atoms with E-state index in [2.05, 4.69) is 65.5 Å². The van der Waals surface area contributed by atoms with E-state index in [-0.39, 0.29) is 54.9 Å². The van der Waals surface area contributed by atoms with E-state index in [1.165, 1.54) is 18.4 Å². The number of benzene rings is 1. The summed E-state index contributed by atoms with van der Waals surface area (Å²) in [6.45, 7) is 8.11. The van der Waals surface area contributed by atoms with Crippen LogP contribution in [0.2, 0.25) is 0 Å². The number of Topliss-reactive ketones (excluding diaryl/α,β-unsaturated/α-hetero) is 1. The summed E-state index contributed by atoms with van der Waals surface area (Å²) in [5, 5.41) is 17.2. The Morgan fingerprint density at radius 3 is 2.68 bits per heavy atom. The molecule has 344 valence electrons. The molecule has 2 aromatic rings. The predicted molar refractivity (Wildman–Crippen MR) is 236 cm³/mol. The molecule has 1 aromatic carbocycles. The number of cyclic esters (lactones) is 1. The lowest BCUT2D eigenvalue weighted by Gasteiger charge is -2.71. The molecule has 11 heteroatoms. The van der Waals surface area contributed by atoms with Crippen molar-refractivity contribution in [3.63, 3.8) is 0 Å². The number of carbonyl (C=O) groups is 3. The third kappa shape index (κ3) is 5.21. The second-order valence-electron chi connectivity index (χ2n) is 23.2. The van der Waals surface area contributed by atoms with Gasteiger partial charge in [-0.1, -0.05) is 61.6 Å². The number of aryl methyl sites for hydroxylation is 1. The predicted octanol–water partition coefficient (Wildman–Crippen LogP) is 6.65. The van der Waals surface area contributed by atoms with Crippen molar-refractivity contribution in [3.05, 3.63) is 71.8 Å². The summed E-state index contributed by atoms with van der Waals surface area (Å²) >= 11 is 0. The van der Waals surface area contributed by atoms with Gasteiger partial charge < -0.3 is 33.4 Å². The Bertz CT molecular complexity index is 2420. The van der Waals surface area contributed by atoms with Gasteiger partial charge in [0.1, 0.15) is 24.1 Å². The number of epoxide rings is 1. The van der Waals surface area contributed by atoms with Crippen molar-refractivity contribution < 1.29 is 42.9 Å². The number of nitrogens with one attached hydrogen (secondary N) is 1. The van der Waals surface area contributed by atoms with E-state index in [9.17, 15) is 9.90 Å². The maximum atomic E-state index is 15.8. The van der Waals surface area contributed by atoms with Crippen molar-refractivity contribution in [2.45, 2.75) is 145 Å². The van der Waals surface area contributed by atoms with Crippen molar-refractivity contribution in [2.24, 2.45) is 63.6 Å². The summed E-state index contributed by atoms with van der Waals surface area (Å²) in [7, 11) is 0. The number of esters is 2. The second-order valence-corrected chi connectivity index (χ2v) is 23.2. The summed E-state index contributed by atoms with van der Waals surface area (Å²) in [6.07, 6.45) is 13.5. The van der Waals surface area contributed by atoms with Crippen LogP contribution in [0.25, 0.3) is 0 Å². The largest absolute Gasteiger partial charge is 0.469 e. The molecular weight excluding hydrogens is 821 g/mol. The molecule has 9 fully saturated rings. The van der Waals surface area contributed by atoms with E-state index in [1.807, 2.05) is 26.0 Å². The van der Waals surface area contributed by atoms with Crippen LogP contribution in [0.4, 0.5) is 0 Å². The van der Waals surface area contributed by atoms with Crippen LogP contribution in [0.1, 0.15) is 108 Å². The zero-order valence-corrected chi connectivity index (χ0v) is 38.1. The highest BCUT2D eigenvalue weighted by molar-refractivity contribution is 5.92. The molecule has 3 spiro atoms. The van der Waals surface area contributed by atoms with E-state index < -0.39 is 63.2 Å². The van der Waals surface area contributed by atoms with Gasteiger partial charge in [0.15, 0.2) is 17.5 Å². The molecule has 17 unspecified atom stereocenters. The average molecular weight is 885 g/mol. The Kier molecular flexibility index (Phi) is 8.92. The molecule has 2 N–H and O–H groups in total. The van der Waals surface area contributed by atoms with Gasteiger partial charge in [0, 0.05) is 46.7 Å². The fraction of sp³-hybridized carbons (Fsp3) is 0.685. The first kappa shape index (κ1) is 41.3. The molecule has 13 rings (SSSR count). The number of aliphatic hydroxyl groups excluding tert-OH is 1. The van der Waals surface area contributed by atoms with Gasteiger partial charge in [0.2, 0.25) is 0 Å². The Morgan fingerprint density at radius 1 is 0.969 bits per heavy atom. The van der Waals surface area contributed by atoms with Crippen LogP contribution in [0.5, 0.6) is 0 Å². The first-order valence-electron chi connectivity index (χ1n) is 25.1. The Morgan fingerprint density at radius 2 is 1.82 bits per heavy atom. The molecular formula is C54H64N2O9. The lowest BCUT2D eigenvalue weighted by atomic mass is 9.31. The van der Waals surface area contributed by atoms with E-state index in [4.69, 9.17) is 23.4 Å². The van der Waals surface area contributed by atoms with Gasteiger partial charge in [-0.15, -0.1) is 0 Å². The third-order valence-corrected chi connectivity index (χ3v) is 20.4. The van der Waals surface area contributed by atoms with Crippen LogP contribution in [-0.4, -0.2) is 83.1 Å². The molecule has 6 aliphatic heterocycles. The van der Waals surface area contributed by atoms with Crippen molar-refractivity contribution in [2.75, 3.05) is 19.8 Å². The third-order valence-electron chi connectivity index (χ3n) is 20.4. The number of fused-ring (bicyclic) bond motifs is 4. The lowest BCUT2D eigenvalue weighted by molar-refractivity contribution is -0.295. The molecule has 11 nitrogen and oxygen atoms in total. The van der Waals surface area contributed by atoms with Gasteiger partial charge in [-0.05, 0) is 125 Å². The minimum absolute atomic E-state index is 0.0271. The highest BCUT2D eigenvalue weighted by Gasteiger charge is 2.95. The molecule has 17 atom stereocenters. The normalized spacial score (nSPS) is 48.2. The lowest BCUT2D eigenvalue weighted by Crippen LogP contribution is -2.81. The Hall–Kier alpha value is -3.95. The molecule has 4 saturated carbocycles. The van der Waals surface area contributed by atoms with Crippen LogP contribution in [0.15, 0.2) is 59.4 Å². The van der Waals surface area contributed by atoms with Crippen molar-refractivity contribution in [3.8, 4) is 11.8 Å². The molecule has 5 saturated heterocycles. The van der Waals surface area contributed by atoms with E-state index >= 15 is 9.59 Å². The van der Waals surface area contributed by atoms with Crippen LogP contribution < -0.4 is 5.32 Å². The van der Waals surface area contributed by atoms with Gasteiger partial charge in [0.05, 0.1) is 43.4 Å². The Balaban J connectivity index is 0.939. The molecule has 1 aromatic heterocycles. The summed E-state index contributed by atoms with van der Waals surface area (Å²) in [4.78, 5) is 46.6. The molecule has 0 radical (unpaired) electrons. The van der Waals surface area contributed by atoms with E-state index in [0.29, 0.717) is 49.5 Å². The minimum atomic E-state index is -1.47. The van der Waals surface area contributed by atoms with Crippen molar-refractivity contribution in [1.82, 2.24) is 10.2 Å². The number of aliphatic hydroxyl groups is 1. The van der Waals surface area contributed by atoms with Crippen LogP contribution in [-0.2, 0) is 51.8 Å². The fourth-order valence-electron chi connectivity index (χ4n) is 18.1. The molecule has 0 amide bonds. The summed E-state index contributed by atoms with van der Waals surface area (Å²) in [5.41, 5.74) is -4.54. The first-order valence-corrected chi connectivity index (χ1v) is 25.1. The maximum absolute atomic E-state index is 15.8. The SMILES string of the molecule is CC1(C)OC2CC(=O)OCC23C1C(=O)C(O)C12C4CC(Cc5ccccc5)CCC4C#CCC4(c5ccoc5CCC5CCC6C(C=CN7CNCC67)C5)OC(=O)C5OC51C4(C)CCC32. The summed E-state index contributed by atoms with van der Waals surface area (Å²) in [5.74, 6) is 7.71. The summed E-state index contributed by atoms with van der Waals surface area (Å²) in [6, 6.07) is 13.2. The van der Waals surface area contributed by atoms with Gasteiger partial charge >= 0.3 is 11.9 Å². The van der Waals surface area contributed by atoms with Crippen molar-refractivity contribution >= 4 is 17.7 Å². The van der Waals surface area contributed by atoms with Crippen LogP contribution >= 0.6 is 0 Å². The number of furan rings is 1. The molecule has 7 heterocycles. The van der Waals surface area contributed by atoms with Gasteiger partial charge in [-0.25, -0.2) is 4.79 Å². The second kappa shape index (κ2) is 14.1. The zero-order chi connectivity index (χ0) is 44.3. The minimum Gasteiger partial charge on any atom is -0.469 e. The highest BCUT2D eigenvalue weighted by Crippen LogP contribution is 2.84. The number of hydrogen-bond donors (Lipinski definition) is 2. The number of hydrogen-bond acceptors (Lipinski definition) is 11. The summed E-state index contributed by atoms with van der Waals surface area (Å²) < 4.78 is 33.7. The molecule has 5 aliphatic carbocycles. The van der Waals surface area contributed by atoms with Gasteiger partial charge in [-0.3, -0.25) is 14.9 Å². The van der Waals surface area contributed by atoms with E-state index in [0.717, 1.165) is 56.6 Å². The number of allylic oxidation sites excluding steroid dienone is 1. The van der Waals surface area contributed by atoms with Crippen molar-refractivity contribution in [1.29, 1.82) is 0 Å². The van der Waals surface area contributed by atoms with Gasteiger partial charge in [0.25, 0.3) is 0 Å². The molecule has 11 aliphatic rings. The highest BCUT2D eigenvalue weighted by atomic mass is 16.7. The number of rotatable bonds is 6. The van der Waals surface area contributed by atoms with Gasteiger partial charge in [-0.2, -0.15) is 0 Å². The number of ketones is 1. The number of nitrogens with zero attached hydrogens (tertiary/aromatic N) is 1. The smallest absolute Gasteiger partial charge is 0.339 e. The molecule has 4 bridgehead atoms. The quantitative estimate of drug-likeness (QED) is 0.183. The maximum Gasteiger partial charge on any atom is 0.339 e. The first-order chi connectivity index (χ1) is 31.4. The van der Waals surface area contributed by atoms with Crippen LogP contribution in [0.3, 0.4) is 0 Å². The monoisotopic (exact) mass is 884 g/mol. The Labute approximate surface area is 382 Å². The molecule has 65 heavy (non-hydrogen) atoms. The standard InChI is InChI=1S/C54H64N2O9/c1-49(2)45-44(58)46(59)53-38-26-33(24-31-8-5-4-6-9-31)11-14-34(38)10-7-20-52(37-19-23-61-40(37)16-13-32-12-15-36-35(25-32)18-22-56-30-55-28-39(36)56)50(3,54(53)47(64-54)48(60)65-52)21-17-41(53)51(45)29-62-43(57)27-42(51)63-49/h4-6,8-9,18-19,22-23,32-36,38-39,41-42,45-47,55,59H,11-17,20-21,24-30H2,1-3H3. The zero-order valence-electron chi connectivity index (χ0n) is 38.1.